The highest BCUT2D eigenvalue weighted by molar-refractivity contribution is 5.51. The van der Waals surface area contributed by atoms with Gasteiger partial charge in [0.1, 0.15) is 6.07 Å². The minimum atomic E-state index is 0.0407. The first-order valence-corrected chi connectivity index (χ1v) is 5.60. The molecule has 17 heavy (non-hydrogen) atoms. The zero-order valence-electron chi connectivity index (χ0n) is 10.3. The number of hydrogen-bond donors (Lipinski definition) is 1. The van der Waals surface area contributed by atoms with E-state index in [1.807, 2.05) is 0 Å². The van der Waals surface area contributed by atoms with Gasteiger partial charge in [0.05, 0.1) is 17.9 Å². The van der Waals surface area contributed by atoms with Gasteiger partial charge in [-0.25, -0.2) is 0 Å². The van der Waals surface area contributed by atoms with E-state index in [0.717, 1.165) is 6.42 Å². The maximum absolute atomic E-state index is 8.97. The van der Waals surface area contributed by atoms with Gasteiger partial charge in [-0.1, -0.05) is 13.8 Å². The molecule has 5 heteroatoms. The summed E-state index contributed by atoms with van der Waals surface area (Å²) in [7, 11) is 1.73. The van der Waals surface area contributed by atoms with Crippen LogP contribution in [0.15, 0.2) is 12.3 Å². The van der Waals surface area contributed by atoms with Gasteiger partial charge in [-0.2, -0.15) is 10.4 Å². The van der Waals surface area contributed by atoms with Gasteiger partial charge in [-0.15, -0.1) is 5.10 Å². The molecule has 1 saturated carbocycles. The SMILES string of the molecule is COC1CC(Nc2nnccc2C#N)C1(C)C. The Morgan fingerprint density at radius 1 is 1.59 bits per heavy atom. The molecule has 0 radical (unpaired) electrons. The number of rotatable bonds is 3. The van der Waals surface area contributed by atoms with Crippen molar-refractivity contribution in [2.75, 3.05) is 12.4 Å². The summed E-state index contributed by atoms with van der Waals surface area (Å²) in [5.74, 6) is 0.558. The Hall–Kier alpha value is -1.67. The van der Waals surface area contributed by atoms with Crippen molar-refractivity contribution in [3.63, 3.8) is 0 Å². The number of ether oxygens (including phenoxy) is 1. The van der Waals surface area contributed by atoms with Gasteiger partial charge >= 0.3 is 0 Å². The van der Waals surface area contributed by atoms with Crippen molar-refractivity contribution in [3.05, 3.63) is 17.8 Å². The lowest BCUT2D eigenvalue weighted by atomic mass is 9.64. The molecule has 1 aliphatic rings. The molecule has 0 spiro atoms. The second-order valence-corrected chi connectivity index (χ2v) is 4.88. The molecule has 0 aromatic carbocycles. The van der Waals surface area contributed by atoms with Crippen LogP contribution >= 0.6 is 0 Å². The molecule has 1 aliphatic carbocycles. The first-order valence-electron chi connectivity index (χ1n) is 5.60. The molecule has 0 bridgehead atoms. The van der Waals surface area contributed by atoms with E-state index in [-0.39, 0.29) is 17.6 Å². The summed E-state index contributed by atoms with van der Waals surface area (Å²) in [6.45, 7) is 4.29. The second kappa shape index (κ2) is 4.30. The molecule has 0 saturated heterocycles. The fraction of sp³-hybridized carbons (Fsp3) is 0.583. The Morgan fingerprint density at radius 3 is 2.94 bits per heavy atom. The smallest absolute Gasteiger partial charge is 0.166 e. The molecule has 2 rings (SSSR count). The molecule has 1 aromatic rings. The fourth-order valence-corrected chi connectivity index (χ4v) is 2.22. The van der Waals surface area contributed by atoms with Gasteiger partial charge in [0.2, 0.25) is 0 Å². The summed E-state index contributed by atoms with van der Waals surface area (Å²) in [6, 6.07) is 4.03. The van der Waals surface area contributed by atoms with Crippen molar-refractivity contribution < 1.29 is 4.74 Å². The molecule has 2 unspecified atom stereocenters. The van der Waals surface area contributed by atoms with Gasteiger partial charge in [-0.05, 0) is 12.5 Å². The third kappa shape index (κ3) is 1.96. The summed E-state index contributed by atoms with van der Waals surface area (Å²) in [6.07, 6.45) is 2.70. The third-order valence-electron chi connectivity index (χ3n) is 3.61. The molecule has 90 valence electrons. The van der Waals surface area contributed by atoms with E-state index in [2.05, 4.69) is 35.4 Å². The Morgan fingerprint density at radius 2 is 2.35 bits per heavy atom. The molecule has 1 fully saturated rings. The van der Waals surface area contributed by atoms with Gasteiger partial charge in [0, 0.05) is 18.6 Å². The average molecular weight is 232 g/mol. The minimum Gasteiger partial charge on any atom is -0.381 e. The van der Waals surface area contributed by atoms with Crippen LogP contribution in [0.5, 0.6) is 0 Å². The van der Waals surface area contributed by atoms with Gasteiger partial charge in [0.25, 0.3) is 0 Å². The normalized spacial score (nSPS) is 25.8. The summed E-state index contributed by atoms with van der Waals surface area (Å²) in [5, 5.41) is 20.0. The van der Waals surface area contributed by atoms with Crippen molar-refractivity contribution in [2.24, 2.45) is 5.41 Å². The number of anilines is 1. The van der Waals surface area contributed by atoms with Crippen LogP contribution in [0.25, 0.3) is 0 Å². The van der Waals surface area contributed by atoms with Crippen LogP contribution in [0.3, 0.4) is 0 Å². The van der Waals surface area contributed by atoms with E-state index in [4.69, 9.17) is 10.00 Å². The molecular formula is C12H16N4O. The van der Waals surface area contributed by atoms with E-state index in [0.29, 0.717) is 11.4 Å². The average Bonchev–Trinajstić information content (AvgIpc) is 2.34. The summed E-state index contributed by atoms with van der Waals surface area (Å²) in [4.78, 5) is 0. The molecule has 1 N–H and O–H groups in total. The van der Waals surface area contributed by atoms with Crippen LogP contribution in [-0.2, 0) is 4.74 Å². The summed E-state index contributed by atoms with van der Waals surface area (Å²) in [5.41, 5.74) is 0.565. The van der Waals surface area contributed by atoms with Gasteiger partial charge < -0.3 is 10.1 Å². The Balaban J connectivity index is 2.11. The number of hydrogen-bond acceptors (Lipinski definition) is 5. The minimum absolute atomic E-state index is 0.0407. The van der Waals surface area contributed by atoms with E-state index in [1.54, 1.807) is 13.2 Å². The number of nitrogens with zero attached hydrogens (tertiary/aromatic N) is 3. The van der Waals surface area contributed by atoms with E-state index < -0.39 is 0 Å². The van der Waals surface area contributed by atoms with Crippen LogP contribution in [-0.4, -0.2) is 29.5 Å². The van der Waals surface area contributed by atoms with Crippen molar-refractivity contribution in [1.29, 1.82) is 5.26 Å². The quantitative estimate of drug-likeness (QED) is 0.856. The zero-order chi connectivity index (χ0) is 12.5. The molecule has 0 aliphatic heterocycles. The van der Waals surface area contributed by atoms with Crippen LogP contribution < -0.4 is 5.32 Å². The number of nitriles is 1. The van der Waals surface area contributed by atoms with Crippen molar-refractivity contribution >= 4 is 5.82 Å². The summed E-state index contributed by atoms with van der Waals surface area (Å²) >= 11 is 0. The third-order valence-corrected chi connectivity index (χ3v) is 3.61. The number of aromatic nitrogens is 2. The maximum Gasteiger partial charge on any atom is 0.166 e. The molecule has 1 heterocycles. The van der Waals surface area contributed by atoms with E-state index in [9.17, 15) is 0 Å². The molecule has 0 amide bonds. The topological polar surface area (TPSA) is 70.8 Å². The van der Waals surface area contributed by atoms with Crippen molar-refractivity contribution in [2.45, 2.75) is 32.4 Å². The fourth-order valence-electron chi connectivity index (χ4n) is 2.22. The van der Waals surface area contributed by atoms with Crippen LogP contribution in [0, 0.1) is 16.7 Å². The zero-order valence-corrected chi connectivity index (χ0v) is 10.3. The molecule has 5 nitrogen and oxygen atoms in total. The highest BCUT2D eigenvalue weighted by atomic mass is 16.5. The van der Waals surface area contributed by atoms with Crippen LogP contribution in [0.2, 0.25) is 0 Å². The standard InChI is InChI=1S/C12H16N4O/c1-12(2)9(6-10(12)17-3)15-11-8(7-13)4-5-14-16-11/h4-5,9-10H,6H2,1-3H3,(H,15,16). The van der Waals surface area contributed by atoms with Gasteiger partial charge in [0.15, 0.2) is 5.82 Å². The summed E-state index contributed by atoms with van der Waals surface area (Å²) < 4.78 is 5.38. The van der Waals surface area contributed by atoms with Crippen molar-refractivity contribution in [1.82, 2.24) is 10.2 Å². The van der Waals surface area contributed by atoms with E-state index >= 15 is 0 Å². The van der Waals surface area contributed by atoms with Crippen LogP contribution in [0.4, 0.5) is 5.82 Å². The van der Waals surface area contributed by atoms with Crippen molar-refractivity contribution in [3.8, 4) is 6.07 Å². The van der Waals surface area contributed by atoms with Gasteiger partial charge in [-0.3, -0.25) is 0 Å². The first-order chi connectivity index (χ1) is 8.09. The van der Waals surface area contributed by atoms with E-state index in [1.165, 1.54) is 6.20 Å². The number of nitrogens with one attached hydrogen (secondary N) is 1. The Bertz CT molecular complexity index is 452. The first kappa shape index (κ1) is 11.8. The lowest BCUT2D eigenvalue weighted by Crippen LogP contribution is -2.57. The second-order valence-electron chi connectivity index (χ2n) is 4.88. The maximum atomic E-state index is 8.97. The largest absolute Gasteiger partial charge is 0.381 e. The molecular weight excluding hydrogens is 216 g/mol. The molecule has 1 aromatic heterocycles. The predicted octanol–water partition coefficient (Wildman–Crippen LogP) is 1.57. The lowest BCUT2D eigenvalue weighted by Gasteiger charge is -2.51. The highest BCUT2D eigenvalue weighted by Crippen LogP contribution is 2.43. The monoisotopic (exact) mass is 232 g/mol. The Kier molecular flexibility index (Phi) is 2.99. The number of methoxy groups -OCH3 is 1. The highest BCUT2D eigenvalue weighted by Gasteiger charge is 2.48. The van der Waals surface area contributed by atoms with Crippen LogP contribution in [0.1, 0.15) is 25.8 Å². The molecule has 2 atom stereocenters. The predicted molar refractivity (Wildman–Crippen MR) is 63.4 cm³/mol. The Labute approximate surface area is 101 Å². The lowest BCUT2D eigenvalue weighted by molar-refractivity contribution is -0.0795.